The SMILES string of the molecule is COc1ccc(NC(=O)CCCl)cc1OCCO. The van der Waals surface area contributed by atoms with Crippen molar-refractivity contribution in [2.24, 2.45) is 0 Å². The van der Waals surface area contributed by atoms with Crippen molar-refractivity contribution in [3.05, 3.63) is 18.2 Å². The molecule has 0 unspecified atom stereocenters. The lowest BCUT2D eigenvalue weighted by Crippen LogP contribution is -2.12. The highest BCUT2D eigenvalue weighted by molar-refractivity contribution is 6.19. The molecule has 0 aliphatic heterocycles. The number of anilines is 1. The molecule has 0 aliphatic rings. The van der Waals surface area contributed by atoms with Gasteiger partial charge in [0.15, 0.2) is 11.5 Å². The average molecular weight is 274 g/mol. The van der Waals surface area contributed by atoms with Crippen molar-refractivity contribution in [1.82, 2.24) is 0 Å². The maximum atomic E-state index is 11.4. The number of aliphatic hydroxyl groups is 1. The van der Waals surface area contributed by atoms with Gasteiger partial charge in [0, 0.05) is 24.1 Å². The highest BCUT2D eigenvalue weighted by atomic mass is 35.5. The van der Waals surface area contributed by atoms with Gasteiger partial charge in [-0.2, -0.15) is 0 Å². The second-order valence-corrected chi connectivity index (χ2v) is 3.80. The standard InChI is InChI=1S/C12H16ClNO4/c1-17-10-3-2-9(14-12(16)4-5-13)8-11(10)18-7-6-15/h2-3,8,15H,4-7H2,1H3,(H,14,16). The fraction of sp³-hybridized carbons (Fsp3) is 0.417. The maximum absolute atomic E-state index is 11.4. The van der Waals surface area contributed by atoms with Crippen molar-refractivity contribution < 1.29 is 19.4 Å². The molecule has 0 radical (unpaired) electrons. The van der Waals surface area contributed by atoms with E-state index in [9.17, 15) is 4.79 Å². The molecular formula is C12H16ClNO4. The number of hydrogen-bond donors (Lipinski definition) is 2. The van der Waals surface area contributed by atoms with E-state index in [1.807, 2.05) is 0 Å². The van der Waals surface area contributed by atoms with Crippen LogP contribution in [-0.2, 0) is 4.79 Å². The monoisotopic (exact) mass is 273 g/mol. The van der Waals surface area contributed by atoms with Gasteiger partial charge in [-0.3, -0.25) is 4.79 Å². The molecular weight excluding hydrogens is 258 g/mol. The number of carbonyl (C=O) groups is 1. The lowest BCUT2D eigenvalue weighted by Gasteiger charge is -2.12. The molecule has 2 N–H and O–H groups in total. The molecule has 1 amide bonds. The van der Waals surface area contributed by atoms with E-state index in [2.05, 4.69) is 5.32 Å². The minimum atomic E-state index is -0.164. The first kappa shape index (κ1) is 14.6. The summed E-state index contributed by atoms with van der Waals surface area (Å²) in [4.78, 5) is 11.4. The number of aliphatic hydroxyl groups excluding tert-OH is 1. The summed E-state index contributed by atoms with van der Waals surface area (Å²) in [6, 6.07) is 5.03. The average Bonchev–Trinajstić information content (AvgIpc) is 2.36. The van der Waals surface area contributed by atoms with Crippen molar-refractivity contribution in [3.63, 3.8) is 0 Å². The molecule has 0 saturated heterocycles. The van der Waals surface area contributed by atoms with Crippen LogP contribution in [0, 0.1) is 0 Å². The van der Waals surface area contributed by atoms with E-state index in [0.29, 0.717) is 17.2 Å². The van der Waals surface area contributed by atoms with Crippen molar-refractivity contribution in [2.75, 3.05) is 31.5 Å². The Morgan fingerprint density at radius 2 is 2.22 bits per heavy atom. The molecule has 5 nitrogen and oxygen atoms in total. The number of nitrogens with one attached hydrogen (secondary N) is 1. The number of amides is 1. The number of halogens is 1. The lowest BCUT2D eigenvalue weighted by molar-refractivity contribution is -0.115. The van der Waals surface area contributed by atoms with Crippen LogP contribution in [0.15, 0.2) is 18.2 Å². The quantitative estimate of drug-likeness (QED) is 0.741. The second-order valence-electron chi connectivity index (χ2n) is 3.42. The van der Waals surface area contributed by atoms with E-state index in [1.54, 1.807) is 18.2 Å². The van der Waals surface area contributed by atoms with Crippen molar-refractivity contribution in [3.8, 4) is 11.5 Å². The third-order valence-electron chi connectivity index (χ3n) is 2.12. The van der Waals surface area contributed by atoms with Crippen LogP contribution in [0.5, 0.6) is 11.5 Å². The van der Waals surface area contributed by atoms with Gasteiger partial charge in [0.1, 0.15) is 6.61 Å². The minimum Gasteiger partial charge on any atom is -0.493 e. The number of alkyl halides is 1. The Kier molecular flexibility index (Phi) is 6.32. The van der Waals surface area contributed by atoms with E-state index >= 15 is 0 Å². The summed E-state index contributed by atoms with van der Waals surface area (Å²) in [5.74, 6) is 1.12. The second kappa shape index (κ2) is 7.79. The van der Waals surface area contributed by atoms with Gasteiger partial charge in [-0.1, -0.05) is 0 Å². The summed E-state index contributed by atoms with van der Waals surface area (Å²) in [6.07, 6.45) is 0.250. The zero-order chi connectivity index (χ0) is 13.4. The molecule has 0 atom stereocenters. The van der Waals surface area contributed by atoms with Crippen molar-refractivity contribution in [1.29, 1.82) is 0 Å². The Balaban J connectivity index is 2.78. The highest BCUT2D eigenvalue weighted by Crippen LogP contribution is 2.30. The maximum Gasteiger partial charge on any atom is 0.225 e. The van der Waals surface area contributed by atoms with Crippen LogP contribution in [0.2, 0.25) is 0 Å². The number of benzene rings is 1. The first-order chi connectivity index (χ1) is 8.71. The predicted octanol–water partition coefficient (Wildman–Crippen LogP) is 1.63. The molecule has 0 aromatic heterocycles. The van der Waals surface area contributed by atoms with Crippen LogP contribution in [0.1, 0.15) is 6.42 Å². The number of carbonyl (C=O) groups excluding carboxylic acids is 1. The zero-order valence-electron chi connectivity index (χ0n) is 10.1. The Morgan fingerprint density at radius 3 is 2.83 bits per heavy atom. The Morgan fingerprint density at radius 1 is 1.44 bits per heavy atom. The van der Waals surface area contributed by atoms with Gasteiger partial charge in [-0.15, -0.1) is 11.6 Å². The highest BCUT2D eigenvalue weighted by Gasteiger charge is 2.07. The van der Waals surface area contributed by atoms with Crippen LogP contribution in [0.25, 0.3) is 0 Å². The van der Waals surface area contributed by atoms with E-state index in [0.717, 1.165) is 0 Å². The van der Waals surface area contributed by atoms with Crippen LogP contribution < -0.4 is 14.8 Å². The number of rotatable bonds is 7. The third-order valence-corrected chi connectivity index (χ3v) is 2.31. The number of methoxy groups -OCH3 is 1. The molecule has 6 heteroatoms. The summed E-state index contributed by atoms with van der Waals surface area (Å²) >= 11 is 5.48. The van der Waals surface area contributed by atoms with E-state index in [4.69, 9.17) is 26.2 Å². The van der Waals surface area contributed by atoms with Gasteiger partial charge in [-0.05, 0) is 12.1 Å². The van der Waals surface area contributed by atoms with Crippen LogP contribution in [-0.4, -0.2) is 37.2 Å². The molecule has 0 aliphatic carbocycles. The van der Waals surface area contributed by atoms with Gasteiger partial charge in [0.25, 0.3) is 0 Å². The molecule has 18 heavy (non-hydrogen) atoms. The molecule has 100 valence electrons. The number of ether oxygens (including phenoxy) is 2. The molecule has 0 bridgehead atoms. The zero-order valence-corrected chi connectivity index (χ0v) is 10.9. The molecule has 0 fully saturated rings. The van der Waals surface area contributed by atoms with Gasteiger partial charge < -0.3 is 19.9 Å². The molecule has 1 rings (SSSR count). The molecule has 0 spiro atoms. The first-order valence-electron chi connectivity index (χ1n) is 5.48. The third kappa shape index (κ3) is 4.43. The molecule has 1 aromatic rings. The van der Waals surface area contributed by atoms with Crippen LogP contribution in [0.4, 0.5) is 5.69 Å². The summed E-state index contributed by atoms with van der Waals surface area (Å²) in [7, 11) is 1.52. The summed E-state index contributed by atoms with van der Waals surface area (Å²) < 4.78 is 10.4. The van der Waals surface area contributed by atoms with E-state index < -0.39 is 0 Å². The van der Waals surface area contributed by atoms with Gasteiger partial charge in [0.05, 0.1) is 13.7 Å². The Bertz CT molecular complexity index is 398. The first-order valence-corrected chi connectivity index (χ1v) is 6.02. The normalized spacial score (nSPS) is 9.94. The van der Waals surface area contributed by atoms with E-state index in [-0.39, 0.29) is 31.4 Å². The van der Waals surface area contributed by atoms with Crippen molar-refractivity contribution in [2.45, 2.75) is 6.42 Å². The fourth-order valence-corrected chi connectivity index (χ4v) is 1.50. The van der Waals surface area contributed by atoms with Crippen LogP contribution in [0.3, 0.4) is 0 Å². The molecule has 0 heterocycles. The molecule has 0 saturated carbocycles. The Labute approximate surface area is 111 Å². The van der Waals surface area contributed by atoms with Crippen LogP contribution >= 0.6 is 11.6 Å². The smallest absolute Gasteiger partial charge is 0.225 e. The predicted molar refractivity (Wildman–Crippen MR) is 69.5 cm³/mol. The molecule has 1 aromatic carbocycles. The summed E-state index contributed by atoms with van der Waals surface area (Å²) in [5.41, 5.74) is 0.596. The van der Waals surface area contributed by atoms with Gasteiger partial charge in [0.2, 0.25) is 5.91 Å². The van der Waals surface area contributed by atoms with Gasteiger partial charge >= 0.3 is 0 Å². The van der Waals surface area contributed by atoms with Crippen molar-refractivity contribution >= 4 is 23.2 Å². The summed E-state index contributed by atoms with van der Waals surface area (Å²) in [5, 5.41) is 11.4. The largest absolute Gasteiger partial charge is 0.493 e. The lowest BCUT2D eigenvalue weighted by atomic mass is 10.2. The Hall–Kier alpha value is -1.46. The number of hydrogen-bond acceptors (Lipinski definition) is 4. The fourth-order valence-electron chi connectivity index (χ4n) is 1.33. The van der Waals surface area contributed by atoms with E-state index in [1.165, 1.54) is 7.11 Å². The topological polar surface area (TPSA) is 67.8 Å². The van der Waals surface area contributed by atoms with Gasteiger partial charge in [-0.25, -0.2) is 0 Å². The summed E-state index contributed by atoms with van der Waals surface area (Å²) in [6.45, 7) is 0.0709. The minimum absolute atomic E-state index is 0.0913.